The SMILES string of the molecule is CN(CCCn1cnc2cccnc21)C(=O)OC(C)(C)C. The molecule has 0 atom stereocenters. The summed E-state index contributed by atoms with van der Waals surface area (Å²) in [7, 11) is 1.75. The standard InChI is InChI=1S/C15H22N4O2/c1-15(2,3)21-14(20)18(4)9-6-10-19-11-17-12-7-5-8-16-13(12)19/h5,7-8,11H,6,9-10H2,1-4H3. The van der Waals surface area contributed by atoms with Gasteiger partial charge in [0.2, 0.25) is 0 Å². The minimum atomic E-state index is -0.462. The molecule has 6 heteroatoms. The second kappa shape index (κ2) is 6.11. The lowest BCUT2D eigenvalue weighted by Crippen LogP contribution is -2.35. The summed E-state index contributed by atoms with van der Waals surface area (Å²) in [5.41, 5.74) is 1.30. The maximum Gasteiger partial charge on any atom is 0.410 e. The van der Waals surface area contributed by atoms with Gasteiger partial charge in [-0.1, -0.05) is 0 Å². The van der Waals surface area contributed by atoms with Gasteiger partial charge in [0.1, 0.15) is 11.1 Å². The monoisotopic (exact) mass is 290 g/mol. The topological polar surface area (TPSA) is 60.2 Å². The predicted octanol–water partition coefficient (Wildman–Crippen LogP) is 2.69. The average molecular weight is 290 g/mol. The summed E-state index contributed by atoms with van der Waals surface area (Å²) in [6.45, 7) is 6.98. The van der Waals surface area contributed by atoms with Crippen LogP contribution in [-0.2, 0) is 11.3 Å². The molecular formula is C15H22N4O2. The number of aromatic nitrogens is 3. The molecular weight excluding hydrogens is 268 g/mol. The Balaban J connectivity index is 1.85. The van der Waals surface area contributed by atoms with Crippen LogP contribution >= 0.6 is 0 Å². The number of amides is 1. The number of hydrogen-bond acceptors (Lipinski definition) is 4. The highest BCUT2D eigenvalue weighted by atomic mass is 16.6. The third-order valence-electron chi connectivity index (χ3n) is 2.97. The summed E-state index contributed by atoms with van der Waals surface area (Å²) in [6.07, 6.45) is 4.06. The first kappa shape index (κ1) is 15.3. The highest BCUT2D eigenvalue weighted by Crippen LogP contribution is 2.11. The van der Waals surface area contributed by atoms with E-state index in [2.05, 4.69) is 9.97 Å². The summed E-state index contributed by atoms with van der Waals surface area (Å²) in [6, 6.07) is 3.81. The summed E-state index contributed by atoms with van der Waals surface area (Å²) in [5.74, 6) is 0. The van der Waals surface area contributed by atoms with Crippen molar-refractivity contribution in [2.24, 2.45) is 0 Å². The summed E-state index contributed by atoms with van der Waals surface area (Å²) in [5, 5.41) is 0. The number of carbonyl (C=O) groups excluding carboxylic acids is 1. The molecule has 0 N–H and O–H groups in total. The molecule has 1 amide bonds. The Bertz CT molecular complexity index is 615. The van der Waals surface area contributed by atoms with E-state index in [0.717, 1.165) is 24.1 Å². The number of imidazole rings is 1. The normalized spacial score (nSPS) is 11.6. The fourth-order valence-electron chi connectivity index (χ4n) is 1.97. The quantitative estimate of drug-likeness (QED) is 0.868. The van der Waals surface area contributed by atoms with Crippen molar-refractivity contribution >= 4 is 17.3 Å². The minimum Gasteiger partial charge on any atom is -0.444 e. The lowest BCUT2D eigenvalue weighted by molar-refractivity contribution is 0.0295. The number of ether oxygens (including phenoxy) is 1. The van der Waals surface area contributed by atoms with Crippen LogP contribution in [0.4, 0.5) is 4.79 Å². The zero-order chi connectivity index (χ0) is 15.5. The van der Waals surface area contributed by atoms with Crippen molar-refractivity contribution in [1.82, 2.24) is 19.4 Å². The number of rotatable bonds is 4. The molecule has 2 rings (SSSR count). The van der Waals surface area contributed by atoms with Gasteiger partial charge in [-0.25, -0.2) is 14.8 Å². The second-order valence-electron chi connectivity index (χ2n) is 6.04. The van der Waals surface area contributed by atoms with E-state index >= 15 is 0 Å². The maximum absolute atomic E-state index is 11.8. The number of carbonyl (C=O) groups is 1. The number of nitrogens with zero attached hydrogens (tertiary/aromatic N) is 4. The van der Waals surface area contributed by atoms with Crippen LogP contribution in [0.2, 0.25) is 0 Å². The molecule has 0 bridgehead atoms. The molecule has 0 aliphatic heterocycles. The van der Waals surface area contributed by atoms with E-state index in [4.69, 9.17) is 4.74 Å². The molecule has 0 aliphatic carbocycles. The van der Waals surface area contributed by atoms with Crippen LogP contribution in [0.5, 0.6) is 0 Å². The number of hydrogen-bond donors (Lipinski definition) is 0. The Hall–Kier alpha value is -2.11. The van der Waals surface area contributed by atoms with E-state index in [0.29, 0.717) is 6.54 Å². The Labute approximate surface area is 124 Å². The minimum absolute atomic E-state index is 0.295. The highest BCUT2D eigenvalue weighted by molar-refractivity contribution is 5.70. The molecule has 6 nitrogen and oxygen atoms in total. The fraction of sp³-hybridized carbons (Fsp3) is 0.533. The number of pyridine rings is 1. The van der Waals surface area contributed by atoms with Gasteiger partial charge >= 0.3 is 6.09 Å². The van der Waals surface area contributed by atoms with E-state index in [1.54, 1.807) is 24.5 Å². The van der Waals surface area contributed by atoms with Crippen LogP contribution in [0.15, 0.2) is 24.7 Å². The number of fused-ring (bicyclic) bond motifs is 1. The first-order valence-electron chi connectivity index (χ1n) is 7.07. The van der Waals surface area contributed by atoms with Crippen molar-refractivity contribution in [2.75, 3.05) is 13.6 Å². The van der Waals surface area contributed by atoms with Gasteiger partial charge in [-0.3, -0.25) is 0 Å². The van der Waals surface area contributed by atoms with E-state index in [9.17, 15) is 4.79 Å². The second-order valence-corrected chi connectivity index (χ2v) is 6.04. The average Bonchev–Trinajstić information content (AvgIpc) is 2.80. The van der Waals surface area contributed by atoms with E-state index in [1.807, 2.05) is 37.5 Å². The Kier molecular flexibility index (Phi) is 4.45. The van der Waals surface area contributed by atoms with Gasteiger partial charge < -0.3 is 14.2 Å². The van der Waals surface area contributed by atoms with E-state index < -0.39 is 5.60 Å². The largest absolute Gasteiger partial charge is 0.444 e. The van der Waals surface area contributed by atoms with E-state index in [1.165, 1.54) is 0 Å². The van der Waals surface area contributed by atoms with E-state index in [-0.39, 0.29) is 6.09 Å². The van der Waals surface area contributed by atoms with Gasteiger partial charge in [-0.15, -0.1) is 0 Å². The molecule has 0 fully saturated rings. The van der Waals surface area contributed by atoms with Gasteiger partial charge in [-0.05, 0) is 39.3 Å². The Morgan fingerprint density at radius 3 is 2.86 bits per heavy atom. The maximum atomic E-state index is 11.8. The van der Waals surface area contributed by atoms with Crippen LogP contribution in [0, 0.1) is 0 Å². The molecule has 0 spiro atoms. The van der Waals surface area contributed by atoms with Gasteiger partial charge in [0.05, 0.1) is 6.33 Å². The van der Waals surface area contributed by atoms with Gasteiger partial charge in [-0.2, -0.15) is 0 Å². The van der Waals surface area contributed by atoms with Gasteiger partial charge in [0, 0.05) is 26.3 Å². The zero-order valence-electron chi connectivity index (χ0n) is 13.0. The third-order valence-corrected chi connectivity index (χ3v) is 2.97. The van der Waals surface area contributed by atoms with Crippen molar-refractivity contribution in [1.29, 1.82) is 0 Å². The summed E-state index contributed by atoms with van der Waals surface area (Å²) < 4.78 is 7.31. The third kappa shape index (κ3) is 4.18. The highest BCUT2D eigenvalue weighted by Gasteiger charge is 2.19. The molecule has 2 heterocycles. The van der Waals surface area contributed by atoms with Crippen LogP contribution in [-0.4, -0.2) is 44.7 Å². The fourth-order valence-corrected chi connectivity index (χ4v) is 1.97. The molecule has 0 unspecified atom stereocenters. The molecule has 0 saturated carbocycles. The van der Waals surface area contributed by atoms with Crippen molar-refractivity contribution in [3.05, 3.63) is 24.7 Å². The van der Waals surface area contributed by atoms with Crippen LogP contribution < -0.4 is 0 Å². The Morgan fingerprint density at radius 1 is 1.38 bits per heavy atom. The molecule has 114 valence electrons. The molecule has 21 heavy (non-hydrogen) atoms. The van der Waals surface area contributed by atoms with Crippen molar-refractivity contribution in [3.8, 4) is 0 Å². The summed E-state index contributed by atoms with van der Waals surface area (Å²) >= 11 is 0. The lowest BCUT2D eigenvalue weighted by atomic mass is 10.2. The van der Waals surface area contributed by atoms with Gasteiger partial charge in [0.25, 0.3) is 0 Å². The molecule has 2 aromatic heterocycles. The van der Waals surface area contributed by atoms with Crippen molar-refractivity contribution in [2.45, 2.75) is 39.3 Å². The van der Waals surface area contributed by atoms with Crippen LogP contribution in [0.25, 0.3) is 11.2 Å². The summed E-state index contributed by atoms with van der Waals surface area (Å²) in [4.78, 5) is 22.0. The molecule has 0 saturated heterocycles. The van der Waals surface area contributed by atoms with Gasteiger partial charge in [0.15, 0.2) is 5.65 Å². The smallest absolute Gasteiger partial charge is 0.410 e. The predicted molar refractivity (Wildman–Crippen MR) is 81.0 cm³/mol. The Morgan fingerprint density at radius 2 is 2.14 bits per heavy atom. The molecule has 0 radical (unpaired) electrons. The lowest BCUT2D eigenvalue weighted by Gasteiger charge is -2.24. The molecule has 2 aromatic rings. The van der Waals surface area contributed by atoms with Crippen LogP contribution in [0.3, 0.4) is 0 Å². The molecule has 0 aromatic carbocycles. The van der Waals surface area contributed by atoms with Crippen molar-refractivity contribution < 1.29 is 9.53 Å². The first-order valence-corrected chi connectivity index (χ1v) is 7.07. The zero-order valence-corrected chi connectivity index (χ0v) is 13.0. The van der Waals surface area contributed by atoms with Crippen LogP contribution in [0.1, 0.15) is 27.2 Å². The first-order chi connectivity index (χ1) is 9.87. The van der Waals surface area contributed by atoms with Crippen molar-refractivity contribution in [3.63, 3.8) is 0 Å². The number of aryl methyl sites for hydroxylation is 1. The molecule has 0 aliphatic rings.